The van der Waals surface area contributed by atoms with E-state index in [1.807, 2.05) is 0 Å². The summed E-state index contributed by atoms with van der Waals surface area (Å²) in [5.74, 6) is -28.4. The number of rotatable bonds is 0. The Balaban J connectivity index is 1.84. The van der Waals surface area contributed by atoms with Gasteiger partial charge in [-0.25, -0.2) is 8.37 Å². The first-order valence-corrected chi connectivity index (χ1v) is 14.7. The first-order chi connectivity index (χ1) is 16.6. The lowest BCUT2D eigenvalue weighted by molar-refractivity contribution is -0.650. The van der Waals surface area contributed by atoms with Crippen molar-refractivity contribution in [1.29, 1.82) is 0 Å². The summed E-state index contributed by atoms with van der Waals surface area (Å²) < 4.78 is 162. The largest absolute Gasteiger partial charge is 0.453 e. The molecule has 6 rings (SSSR count). The summed E-state index contributed by atoms with van der Waals surface area (Å²) >= 11 is 0. The average Bonchev–Trinajstić information content (AvgIpc) is 3.13. The second-order valence-corrected chi connectivity index (χ2v) is 12.5. The Morgan fingerprint density at radius 1 is 0.351 bits per heavy atom. The summed E-state index contributed by atoms with van der Waals surface area (Å²) in [5, 5.41) is 22.5. The van der Waals surface area contributed by atoms with E-state index in [1.165, 1.54) is 0 Å². The highest BCUT2D eigenvalue weighted by atomic mass is 32.3. The van der Waals surface area contributed by atoms with Crippen LogP contribution in [0.25, 0.3) is 0 Å². The summed E-state index contributed by atoms with van der Waals surface area (Å²) in [6.45, 7) is 0. The molecule has 0 bridgehead atoms. The van der Waals surface area contributed by atoms with Gasteiger partial charge in [0.15, 0.2) is 0 Å². The molecule has 6 aliphatic rings. The first kappa shape index (κ1) is 26.3. The number of fused-ring (bicyclic) bond motifs is 1. The van der Waals surface area contributed by atoms with E-state index in [1.54, 1.807) is 0 Å². The third-order valence-corrected chi connectivity index (χ3v) is 8.50. The zero-order valence-electron chi connectivity index (χ0n) is 15.7. The minimum Gasteiger partial charge on any atom is -0.356 e. The van der Waals surface area contributed by atoms with Crippen LogP contribution >= 0.6 is 0 Å². The Hall–Kier alpha value is -0.890. The number of hydrogen-bond acceptors (Lipinski definition) is 26. The van der Waals surface area contributed by atoms with E-state index in [0.29, 0.717) is 0 Å². The molecule has 1 aliphatic carbocycles. The SMILES string of the molecule is O=S1(=O)OO[C@@]23OS(=O)(=O)O[C@]2(O)[C@@]2(O)OS(=O)(=O)O[C@@]24OOS(=O)(=O)OO[C@@]42OS(=O)(=O)O[C@@]32OO1. The molecule has 0 radical (unpaired) electrons. The molecule has 1 saturated carbocycles. The van der Waals surface area contributed by atoms with Crippen molar-refractivity contribution >= 4 is 52.0 Å². The molecule has 6 atom stereocenters. The van der Waals surface area contributed by atoms with Gasteiger partial charge in [0, 0.05) is 0 Å². The zero-order chi connectivity index (χ0) is 27.4. The number of hydrogen-bond donors (Lipinski definition) is 2. The van der Waals surface area contributed by atoms with E-state index < -0.39 is 86.7 Å². The van der Waals surface area contributed by atoms with Gasteiger partial charge < -0.3 is 10.2 Å². The third kappa shape index (κ3) is 2.81. The van der Waals surface area contributed by atoms with Gasteiger partial charge in [-0.3, -0.25) is 0 Å². The lowest BCUT2D eigenvalue weighted by atomic mass is 9.69. The van der Waals surface area contributed by atoms with Crippen molar-refractivity contribution in [3.63, 3.8) is 0 Å². The normalized spacial score (nSPS) is 53.9. The molecule has 0 aromatic carbocycles. The molecular weight excluding hydrogens is 648 g/mol. The molecule has 5 saturated heterocycles. The molecule has 6 fully saturated rings. The van der Waals surface area contributed by atoms with Gasteiger partial charge in [-0.1, -0.05) is 17.3 Å². The fourth-order valence-electron chi connectivity index (χ4n) is 3.79. The fourth-order valence-corrected chi connectivity index (χ4v) is 7.84. The van der Waals surface area contributed by atoms with Crippen molar-refractivity contribution in [2.24, 2.45) is 0 Å². The van der Waals surface area contributed by atoms with Crippen LogP contribution in [0.2, 0.25) is 0 Å². The molecule has 0 unspecified atom stereocenters. The van der Waals surface area contributed by atoms with Gasteiger partial charge in [-0.2, -0.15) is 78.4 Å². The van der Waals surface area contributed by atoms with Gasteiger partial charge in [0.25, 0.3) is 0 Å². The zero-order valence-corrected chi connectivity index (χ0v) is 19.8. The fraction of sp³-hybridized carbons (Fsp3) is 1.00. The van der Waals surface area contributed by atoms with Crippen LogP contribution < -0.4 is 0 Å². The van der Waals surface area contributed by atoms with Gasteiger partial charge in [0.1, 0.15) is 0 Å². The van der Waals surface area contributed by atoms with Gasteiger partial charge in [-0.15, -0.1) is 0 Å². The van der Waals surface area contributed by atoms with Crippen molar-refractivity contribution in [2.45, 2.75) is 34.7 Å². The Bertz CT molecular complexity index is 1540. The summed E-state index contributed by atoms with van der Waals surface area (Å²) in [4.78, 5) is 16.9. The van der Waals surface area contributed by atoms with E-state index in [2.05, 4.69) is 62.0 Å². The van der Waals surface area contributed by atoms with Crippen molar-refractivity contribution in [3.8, 4) is 0 Å². The molecule has 2 N–H and O–H groups in total. The van der Waals surface area contributed by atoms with Gasteiger partial charge in [0.05, 0.1) is 0 Å². The summed E-state index contributed by atoms with van der Waals surface area (Å²) in [5.41, 5.74) is 0. The van der Waals surface area contributed by atoms with Crippen LogP contribution in [-0.2, 0) is 114 Å². The van der Waals surface area contributed by atoms with E-state index in [4.69, 9.17) is 0 Å². The third-order valence-electron chi connectivity index (χ3n) is 4.91. The quantitative estimate of drug-likeness (QED) is 0.230. The molecule has 0 aromatic rings. The van der Waals surface area contributed by atoms with Gasteiger partial charge in [-0.05, 0) is 0 Å². The Morgan fingerprint density at radius 3 is 0.919 bits per heavy atom. The summed E-state index contributed by atoms with van der Waals surface area (Å²) in [6, 6.07) is 0. The predicted molar refractivity (Wildman–Crippen MR) is 80.6 cm³/mol. The average molecular weight is 650 g/mol. The van der Waals surface area contributed by atoms with E-state index in [0.717, 1.165) is 0 Å². The highest BCUT2D eigenvalue weighted by Crippen LogP contribution is 2.73. The van der Waals surface area contributed by atoms with E-state index in [9.17, 15) is 52.3 Å². The second kappa shape index (κ2) is 6.53. The summed E-state index contributed by atoms with van der Waals surface area (Å²) in [6.07, 6.45) is 0. The van der Waals surface area contributed by atoms with Crippen LogP contribution in [0.1, 0.15) is 0 Å². The predicted octanol–water partition coefficient (Wildman–Crippen LogP) is -6.65. The molecule has 212 valence electrons. The van der Waals surface area contributed by atoms with Crippen molar-refractivity contribution in [3.05, 3.63) is 0 Å². The van der Waals surface area contributed by atoms with E-state index in [-0.39, 0.29) is 0 Å². The maximum absolute atomic E-state index is 12.5. The minimum absolute atomic E-state index is 3.71. The highest BCUT2D eigenvalue weighted by molar-refractivity contribution is 7.83. The van der Waals surface area contributed by atoms with Crippen LogP contribution in [0.15, 0.2) is 0 Å². The van der Waals surface area contributed by atoms with Gasteiger partial charge >= 0.3 is 86.7 Å². The van der Waals surface area contributed by atoms with Crippen LogP contribution in [-0.4, -0.2) is 87.0 Å². The standard InChI is InChI=1S/C6H2O26S5/c7-1-2(8)4(26-34(11,12)24-2)6(22-32-37(17,18)30-20-4)5(27-35(13,14)28-6)3(1,25-33(9,10)23-1)19-29-36(15,16)31-21-5/h7-8H/t1-,2-,3-,4+,5+,6-/m1/s1. The van der Waals surface area contributed by atoms with Crippen molar-refractivity contribution in [2.75, 3.05) is 0 Å². The lowest BCUT2D eigenvalue weighted by Crippen LogP contribution is -2.94. The van der Waals surface area contributed by atoms with Crippen molar-refractivity contribution < 1.29 is 114 Å². The Kier molecular flexibility index (Phi) is 4.65. The first-order valence-electron chi connectivity index (χ1n) is 7.99. The molecule has 4 spiro atoms. The Labute approximate surface area is 201 Å². The Morgan fingerprint density at radius 2 is 0.595 bits per heavy atom. The molecule has 37 heavy (non-hydrogen) atoms. The molecule has 5 aliphatic heterocycles. The molecule has 0 amide bonds. The topological polar surface area (TPSA) is 340 Å². The van der Waals surface area contributed by atoms with E-state index >= 15 is 0 Å². The monoisotopic (exact) mass is 650 g/mol. The molecule has 26 nitrogen and oxygen atoms in total. The number of aliphatic hydroxyl groups is 2. The second-order valence-electron chi connectivity index (χ2n) is 6.90. The van der Waals surface area contributed by atoms with Gasteiger partial charge in [0.2, 0.25) is 0 Å². The molecule has 31 heteroatoms. The van der Waals surface area contributed by atoms with Crippen LogP contribution in [0.3, 0.4) is 0 Å². The minimum atomic E-state index is -6.06. The molecule has 0 aromatic heterocycles. The smallest absolute Gasteiger partial charge is 0.356 e. The maximum Gasteiger partial charge on any atom is 0.453 e. The van der Waals surface area contributed by atoms with Crippen molar-refractivity contribution in [1.82, 2.24) is 0 Å². The van der Waals surface area contributed by atoms with Crippen LogP contribution in [0.4, 0.5) is 0 Å². The molecular formula is C6H2O26S5. The molecule has 5 heterocycles. The highest BCUT2D eigenvalue weighted by Gasteiger charge is 3.10. The summed E-state index contributed by atoms with van der Waals surface area (Å²) in [7, 11) is -29.7. The van der Waals surface area contributed by atoms with Crippen LogP contribution in [0, 0.1) is 0 Å². The maximum atomic E-state index is 12.5. The lowest BCUT2D eigenvalue weighted by Gasteiger charge is -2.57. The van der Waals surface area contributed by atoms with Crippen LogP contribution in [0.5, 0.6) is 0 Å².